The van der Waals surface area contributed by atoms with Crippen molar-refractivity contribution in [1.29, 1.82) is 0 Å². The first kappa shape index (κ1) is 11.1. The van der Waals surface area contributed by atoms with Crippen molar-refractivity contribution in [2.24, 2.45) is 5.73 Å². The van der Waals surface area contributed by atoms with E-state index < -0.39 is 0 Å². The van der Waals surface area contributed by atoms with Crippen molar-refractivity contribution in [2.45, 2.75) is 45.1 Å². The largest absolute Gasteiger partial charge is 0.324 e. The lowest BCUT2D eigenvalue weighted by Crippen LogP contribution is -2.26. The lowest BCUT2D eigenvalue weighted by atomic mass is 9.95. The minimum atomic E-state index is 0.330. The van der Waals surface area contributed by atoms with Gasteiger partial charge in [0.05, 0.1) is 0 Å². The Bertz CT molecular complexity index is 165. The van der Waals surface area contributed by atoms with E-state index in [1.807, 2.05) is 11.8 Å². The second-order valence-corrected chi connectivity index (χ2v) is 4.86. The Kier molecular flexibility index (Phi) is 5.56. The molecule has 1 unspecified atom stereocenters. The van der Waals surface area contributed by atoms with Crippen molar-refractivity contribution >= 4 is 11.8 Å². The molecule has 0 amide bonds. The maximum atomic E-state index is 6.10. The van der Waals surface area contributed by atoms with E-state index in [0.29, 0.717) is 6.04 Å². The van der Waals surface area contributed by atoms with Crippen molar-refractivity contribution in [2.75, 3.05) is 11.5 Å². The molecule has 1 nitrogen and oxygen atoms in total. The average molecular weight is 199 g/mol. The summed E-state index contributed by atoms with van der Waals surface area (Å²) in [5, 5.41) is 0. The normalized spacial score (nSPS) is 19.7. The molecule has 0 bridgehead atoms. The molecule has 0 saturated carbocycles. The van der Waals surface area contributed by atoms with Crippen LogP contribution >= 0.6 is 11.8 Å². The first-order valence-corrected chi connectivity index (χ1v) is 6.52. The van der Waals surface area contributed by atoms with Crippen LogP contribution in [0.4, 0.5) is 0 Å². The number of rotatable bonds is 5. The van der Waals surface area contributed by atoms with Gasteiger partial charge in [0, 0.05) is 11.8 Å². The first-order chi connectivity index (χ1) is 6.34. The Balaban J connectivity index is 2.21. The summed E-state index contributed by atoms with van der Waals surface area (Å²) in [6.45, 7) is 2.22. The Morgan fingerprint density at radius 3 is 3.00 bits per heavy atom. The van der Waals surface area contributed by atoms with Crippen LogP contribution in [0.15, 0.2) is 11.6 Å². The highest BCUT2D eigenvalue weighted by Gasteiger charge is 2.11. The van der Waals surface area contributed by atoms with E-state index in [-0.39, 0.29) is 0 Å². The fourth-order valence-corrected chi connectivity index (χ4v) is 2.58. The number of nitrogens with two attached hydrogens (primary N) is 1. The van der Waals surface area contributed by atoms with E-state index in [2.05, 4.69) is 13.0 Å². The molecule has 0 aromatic carbocycles. The van der Waals surface area contributed by atoms with Gasteiger partial charge in [0.1, 0.15) is 0 Å². The smallest absolute Gasteiger partial charge is 0.0345 e. The summed E-state index contributed by atoms with van der Waals surface area (Å²) in [4.78, 5) is 0. The summed E-state index contributed by atoms with van der Waals surface area (Å²) < 4.78 is 0. The molecule has 0 saturated heterocycles. The number of allylic oxidation sites excluding steroid dienone is 1. The zero-order valence-corrected chi connectivity index (χ0v) is 9.41. The van der Waals surface area contributed by atoms with Crippen LogP contribution < -0.4 is 5.73 Å². The molecule has 1 rings (SSSR count). The van der Waals surface area contributed by atoms with Crippen LogP contribution in [0.25, 0.3) is 0 Å². The molecule has 13 heavy (non-hydrogen) atoms. The third kappa shape index (κ3) is 4.19. The van der Waals surface area contributed by atoms with Crippen LogP contribution in [0.5, 0.6) is 0 Å². The van der Waals surface area contributed by atoms with Crippen LogP contribution in [0.2, 0.25) is 0 Å². The molecule has 0 aromatic rings. The highest BCUT2D eigenvalue weighted by atomic mass is 32.2. The lowest BCUT2D eigenvalue weighted by molar-refractivity contribution is 0.656. The molecular formula is C11H21NS. The second-order valence-electron chi connectivity index (χ2n) is 3.71. The zero-order valence-electron chi connectivity index (χ0n) is 8.59. The summed E-state index contributed by atoms with van der Waals surface area (Å²) in [5.74, 6) is 2.36. The van der Waals surface area contributed by atoms with Gasteiger partial charge < -0.3 is 5.73 Å². The minimum absolute atomic E-state index is 0.330. The summed E-state index contributed by atoms with van der Waals surface area (Å²) in [6, 6.07) is 0.330. The zero-order chi connectivity index (χ0) is 9.52. The highest BCUT2D eigenvalue weighted by Crippen LogP contribution is 2.21. The molecule has 0 fully saturated rings. The molecule has 2 heteroatoms. The van der Waals surface area contributed by atoms with Gasteiger partial charge in [-0.1, -0.05) is 18.6 Å². The van der Waals surface area contributed by atoms with E-state index in [4.69, 9.17) is 5.73 Å². The van der Waals surface area contributed by atoms with Crippen LogP contribution in [0.1, 0.15) is 39.0 Å². The maximum absolute atomic E-state index is 6.10. The SMILES string of the molecule is CCCSCC(N)C1=CCCCC1. The van der Waals surface area contributed by atoms with Crippen LogP contribution in [0.3, 0.4) is 0 Å². The second kappa shape index (κ2) is 6.50. The molecule has 0 aliphatic heterocycles. The molecule has 1 atom stereocenters. The molecule has 76 valence electrons. The van der Waals surface area contributed by atoms with Crippen molar-refractivity contribution in [3.05, 3.63) is 11.6 Å². The Morgan fingerprint density at radius 1 is 1.54 bits per heavy atom. The quantitative estimate of drug-likeness (QED) is 0.544. The van der Waals surface area contributed by atoms with E-state index in [1.54, 1.807) is 0 Å². The van der Waals surface area contributed by atoms with Crippen molar-refractivity contribution in [1.82, 2.24) is 0 Å². The monoisotopic (exact) mass is 199 g/mol. The third-order valence-corrected chi connectivity index (χ3v) is 3.74. The van der Waals surface area contributed by atoms with Crippen molar-refractivity contribution in [3.63, 3.8) is 0 Å². The molecule has 2 N–H and O–H groups in total. The fraction of sp³-hybridized carbons (Fsp3) is 0.818. The predicted molar refractivity (Wildman–Crippen MR) is 62.1 cm³/mol. The highest BCUT2D eigenvalue weighted by molar-refractivity contribution is 7.99. The van der Waals surface area contributed by atoms with Crippen molar-refractivity contribution < 1.29 is 0 Å². The molecule has 0 radical (unpaired) electrons. The van der Waals surface area contributed by atoms with Gasteiger partial charge in [-0.25, -0.2) is 0 Å². The minimum Gasteiger partial charge on any atom is -0.324 e. The summed E-state index contributed by atoms with van der Waals surface area (Å²) >= 11 is 1.99. The standard InChI is InChI=1S/C11H21NS/c1-2-8-13-9-11(12)10-6-4-3-5-7-10/h6,11H,2-5,7-9,12H2,1H3. The lowest BCUT2D eigenvalue weighted by Gasteiger charge is -2.19. The number of hydrogen-bond donors (Lipinski definition) is 1. The van der Waals surface area contributed by atoms with Gasteiger partial charge in [-0.05, 0) is 37.9 Å². The number of hydrogen-bond acceptors (Lipinski definition) is 2. The summed E-state index contributed by atoms with van der Waals surface area (Å²) in [5.41, 5.74) is 7.61. The molecule has 1 aliphatic carbocycles. The van der Waals surface area contributed by atoms with Gasteiger partial charge in [0.2, 0.25) is 0 Å². The average Bonchev–Trinajstić information content (AvgIpc) is 2.19. The molecular weight excluding hydrogens is 178 g/mol. The molecule has 1 aliphatic rings. The predicted octanol–water partition coefficient (Wildman–Crippen LogP) is 2.96. The first-order valence-electron chi connectivity index (χ1n) is 5.37. The molecule has 0 aromatic heterocycles. The molecule has 0 heterocycles. The van der Waals surface area contributed by atoms with Gasteiger partial charge in [0.15, 0.2) is 0 Å². The van der Waals surface area contributed by atoms with Gasteiger partial charge in [0.25, 0.3) is 0 Å². The fourth-order valence-electron chi connectivity index (χ4n) is 1.66. The van der Waals surface area contributed by atoms with E-state index >= 15 is 0 Å². The summed E-state index contributed by atoms with van der Waals surface area (Å²) in [6.07, 6.45) is 8.82. The Labute approximate surface area is 86.2 Å². The Hall–Kier alpha value is 0.0500. The summed E-state index contributed by atoms with van der Waals surface area (Å²) in [7, 11) is 0. The third-order valence-electron chi connectivity index (χ3n) is 2.45. The molecule has 0 spiro atoms. The van der Waals surface area contributed by atoms with Gasteiger partial charge in [-0.3, -0.25) is 0 Å². The van der Waals surface area contributed by atoms with Gasteiger partial charge >= 0.3 is 0 Å². The van der Waals surface area contributed by atoms with E-state index in [0.717, 1.165) is 5.75 Å². The van der Waals surface area contributed by atoms with E-state index in [1.165, 1.54) is 43.4 Å². The van der Waals surface area contributed by atoms with Gasteiger partial charge in [-0.15, -0.1) is 0 Å². The van der Waals surface area contributed by atoms with Gasteiger partial charge in [-0.2, -0.15) is 11.8 Å². The van der Waals surface area contributed by atoms with E-state index in [9.17, 15) is 0 Å². The maximum Gasteiger partial charge on any atom is 0.0345 e. The Morgan fingerprint density at radius 2 is 2.38 bits per heavy atom. The topological polar surface area (TPSA) is 26.0 Å². The van der Waals surface area contributed by atoms with Crippen LogP contribution in [-0.4, -0.2) is 17.5 Å². The number of thioether (sulfide) groups is 1. The van der Waals surface area contributed by atoms with Crippen molar-refractivity contribution in [3.8, 4) is 0 Å². The van der Waals surface area contributed by atoms with Crippen LogP contribution in [-0.2, 0) is 0 Å². The van der Waals surface area contributed by atoms with Crippen LogP contribution in [0, 0.1) is 0 Å².